The Morgan fingerprint density at radius 2 is 2.03 bits per heavy atom. The fourth-order valence-electron chi connectivity index (χ4n) is 4.35. The van der Waals surface area contributed by atoms with E-state index in [9.17, 15) is 5.11 Å². The molecule has 0 aliphatic heterocycles. The normalized spacial score (nSPS) is 18.2. The lowest BCUT2D eigenvalue weighted by Gasteiger charge is -2.18. The van der Waals surface area contributed by atoms with Crippen molar-refractivity contribution in [2.75, 3.05) is 5.32 Å². The second kappa shape index (κ2) is 8.09. The first-order valence-electron chi connectivity index (χ1n) is 10.8. The van der Waals surface area contributed by atoms with E-state index in [0.717, 1.165) is 50.8 Å². The minimum Gasteiger partial charge on any atom is -0.489 e. The molecule has 1 saturated carbocycles. The lowest BCUT2D eigenvalue weighted by molar-refractivity contribution is 0.150. The smallest absolute Gasteiger partial charge is 0.145 e. The van der Waals surface area contributed by atoms with Crippen LogP contribution in [0.25, 0.3) is 32.2 Å². The van der Waals surface area contributed by atoms with Gasteiger partial charge in [-0.15, -0.1) is 11.3 Å². The van der Waals surface area contributed by atoms with Crippen LogP contribution in [0.1, 0.15) is 19.3 Å². The number of hydrogen-bond acceptors (Lipinski definition) is 8. The molecule has 3 heterocycles. The minimum absolute atomic E-state index is 0.0473. The lowest BCUT2D eigenvalue weighted by atomic mass is 10.1. The number of aliphatic hydroxyl groups excluding tert-OH is 1. The molecule has 2 N–H and O–H groups in total. The van der Waals surface area contributed by atoms with Gasteiger partial charge in [0.1, 0.15) is 24.0 Å². The number of hydrogen-bond donors (Lipinski definition) is 2. The van der Waals surface area contributed by atoms with Gasteiger partial charge in [-0.3, -0.25) is 4.68 Å². The number of aliphatic hydroxyl groups is 1. The van der Waals surface area contributed by atoms with Gasteiger partial charge < -0.3 is 15.2 Å². The predicted molar refractivity (Wildman–Crippen MR) is 129 cm³/mol. The Morgan fingerprint density at radius 1 is 1.09 bits per heavy atom. The van der Waals surface area contributed by atoms with Crippen LogP contribution >= 0.6 is 11.3 Å². The third kappa shape index (κ3) is 3.90. The van der Waals surface area contributed by atoms with Crippen molar-refractivity contribution in [3.05, 3.63) is 54.6 Å². The number of ether oxygens (including phenoxy) is 1. The molecule has 3 aromatic heterocycles. The van der Waals surface area contributed by atoms with Gasteiger partial charge in [0, 0.05) is 30.9 Å². The maximum absolute atomic E-state index is 10.0. The highest BCUT2D eigenvalue weighted by Gasteiger charge is 2.26. The van der Waals surface area contributed by atoms with Gasteiger partial charge in [0.2, 0.25) is 0 Å². The van der Waals surface area contributed by atoms with Crippen molar-refractivity contribution in [1.29, 1.82) is 0 Å². The average Bonchev–Trinajstić information content (AvgIpc) is 3.55. The monoisotopic (exact) mass is 458 g/mol. The topological polar surface area (TPSA) is 98.0 Å². The van der Waals surface area contributed by atoms with Gasteiger partial charge in [-0.05, 0) is 48.7 Å². The van der Waals surface area contributed by atoms with Crippen molar-refractivity contribution >= 4 is 44.0 Å². The van der Waals surface area contributed by atoms with Crippen molar-refractivity contribution in [3.63, 3.8) is 0 Å². The number of anilines is 2. The molecule has 166 valence electrons. The zero-order valence-corrected chi connectivity index (χ0v) is 18.8. The summed E-state index contributed by atoms with van der Waals surface area (Å²) in [6.07, 6.45) is 7.18. The molecule has 0 unspecified atom stereocenters. The molecule has 1 fully saturated rings. The van der Waals surface area contributed by atoms with Crippen molar-refractivity contribution in [2.45, 2.75) is 31.5 Å². The molecule has 0 radical (unpaired) electrons. The zero-order valence-electron chi connectivity index (χ0n) is 18.0. The summed E-state index contributed by atoms with van der Waals surface area (Å²) in [5.74, 6) is 1.38. The maximum atomic E-state index is 10.0. The van der Waals surface area contributed by atoms with Crippen LogP contribution in [0.2, 0.25) is 0 Å². The van der Waals surface area contributed by atoms with Crippen molar-refractivity contribution in [2.24, 2.45) is 7.05 Å². The standard InChI is InChI=1S/C24H22N6O2S/c1-30-11-15(10-28-30)14-6-20-23(21(7-14)32-18-4-3-17(31)9-18)24(26-12-25-20)29-16-2-5-19-22(8-16)33-13-27-19/h2,5-8,10-13,17-18,31H,3-4,9H2,1H3,(H,25,26,29)/t17-,18-/m1/s1. The highest BCUT2D eigenvalue weighted by Crippen LogP contribution is 2.38. The number of benzene rings is 2. The molecule has 0 bridgehead atoms. The Hall–Kier alpha value is -3.56. The first kappa shape index (κ1) is 20.1. The summed E-state index contributed by atoms with van der Waals surface area (Å²) in [5, 5.41) is 18.6. The third-order valence-electron chi connectivity index (χ3n) is 5.98. The van der Waals surface area contributed by atoms with E-state index in [1.807, 2.05) is 49.2 Å². The summed E-state index contributed by atoms with van der Waals surface area (Å²) in [7, 11) is 1.89. The second-order valence-electron chi connectivity index (χ2n) is 8.36. The van der Waals surface area contributed by atoms with E-state index in [4.69, 9.17) is 4.74 Å². The van der Waals surface area contributed by atoms with Gasteiger partial charge >= 0.3 is 0 Å². The first-order chi connectivity index (χ1) is 16.1. The van der Waals surface area contributed by atoms with Crippen LogP contribution in [0, 0.1) is 0 Å². The predicted octanol–water partition coefficient (Wildman–Crippen LogP) is 4.68. The van der Waals surface area contributed by atoms with Crippen molar-refractivity contribution < 1.29 is 9.84 Å². The SMILES string of the molecule is Cn1cc(-c2cc(O[C@@H]3CC[C@@H](O)C3)c3c(Nc4ccc5ncsc5c4)ncnc3c2)cn1. The van der Waals surface area contributed by atoms with Crippen LogP contribution in [0.4, 0.5) is 11.5 Å². The van der Waals surface area contributed by atoms with Crippen LogP contribution in [0.15, 0.2) is 54.6 Å². The number of thiazole rings is 1. The van der Waals surface area contributed by atoms with E-state index in [1.165, 1.54) is 0 Å². The van der Waals surface area contributed by atoms with Gasteiger partial charge in [0.15, 0.2) is 0 Å². The summed E-state index contributed by atoms with van der Waals surface area (Å²) in [6.45, 7) is 0. The Balaban J connectivity index is 1.46. The Morgan fingerprint density at radius 3 is 2.85 bits per heavy atom. The van der Waals surface area contributed by atoms with Crippen LogP contribution < -0.4 is 10.1 Å². The zero-order chi connectivity index (χ0) is 22.4. The van der Waals surface area contributed by atoms with Gasteiger partial charge in [0.05, 0.1) is 38.9 Å². The van der Waals surface area contributed by atoms with E-state index in [0.29, 0.717) is 18.0 Å². The molecule has 1 aliphatic rings. The van der Waals surface area contributed by atoms with E-state index in [-0.39, 0.29) is 12.2 Å². The largest absolute Gasteiger partial charge is 0.489 e. The molecule has 9 heteroatoms. The molecule has 33 heavy (non-hydrogen) atoms. The molecule has 2 aromatic carbocycles. The van der Waals surface area contributed by atoms with Crippen LogP contribution in [-0.4, -0.2) is 42.0 Å². The first-order valence-corrected chi connectivity index (χ1v) is 11.7. The highest BCUT2D eigenvalue weighted by atomic mass is 32.1. The minimum atomic E-state index is -0.317. The van der Waals surface area contributed by atoms with E-state index < -0.39 is 0 Å². The number of nitrogens with one attached hydrogen (secondary N) is 1. The number of nitrogens with zero attached hydrogens (tertiary/aromatic N) is 5. The fraction of sp³-hybridized carbons (Fsp3) is 0.250. The van der Waals surface area contributed by atoms with E-state index in [2.05, 4.69) is 31.4 Å². The maximum Gasteiger partial charge on any atom is 0.145 e. The molecule has 0 amide bonds. The number of aromatic nitrogens is 5. The summed E-state index contributed by atoms with van der Waals surface area (Å²) < 4.78 is 9.33. The van der Waals surface area contributed by atoms with Crippen molar-refractivity contribution in [1.82, 2.24) is 24.7 Å². The van der Waals surface area contributed by atoms with Crippen LogP contribution in [0.3, 0.4) is 0 Å². The molecular weight excluding hydrogens is 436 g/mol. The summed E-state index contributed by atoms with van der Waals surface area (Å²) >= 11 is 1.60. The van der Waals surface area contributed by atoms with Crippen LogP contribution in [0.5, 0.6) is 5.75 Å². The molecule has 2 atom stereocenters. The number of fused-ring (bicyclic) bond motifs is 2. The molecule has 1 aliphatic carbocycles. The lowest BCUT2D eigenvalue weighted by Crippen LogP contribution is -2.14. The molecular formula is C24H22N6O2S. The molecule has 6 rings (SSSR count). The number of rotatable bonds is 5. The van der Waals surface area contributed by atoms with E-state index >= 15 is 0 Å². The summed E-state index contributed by atoms with van der Waals surface area (Å²) in [6, 6.07) is 10.1. The number of aryl methyl sites for hydroxylation is 1. The molecule has 8 nitrogen and oxygen atoms in total. The molecule has 0 spiro atoms. The van der Waals surface area contributed by atoms with E-state index in [1.54, 1.807) is 22.3 Å². The van der Waals surface area contributed by atoms with Gasteiger partial charge in [-0.1, -0.05) is 0 Å². The molecule has 5 aromatic rings. The Bertz CT molecular complexity index is 1460. The summed E-state index contributed by atoms with van der Waals surface area (Å²) in [5.41, 5.74) is 6.48. The summed E-state index contributed by atoms with van der Waals surface area (Å²) in [4.78, 5) is 13.5. The highest BCUT2D eigenvalue weighted by molar-refractivity contribution is 7.16. The second-order valence-corrected chi connectivity index (χ2v) is 9.25. The molecule has 0 saturated heterocycles. The fourth-order valence-corrected chi connectivity index (χ4v) is 5.07. The Labute approximate surface area is 193 Å². The third-order valence-corrected chi connectivity index (χ3v) is 6.78. The van der Waals surface area contributed by atoms with Crippen LogP contribution in [-0.2, 0) is 7.05 Å². The Kier molecular flexibility index (Phi) is 4.92. The van der Waals surface area contributed by atoms with Crippen molar-refractivity contribution in [3.8, 4) is 16.9 Å². The van der Waals surface area contributed by atoms with Gasteiger partial charge in [0.25, 0.3) is 0 Å². The quantitative estimate of drug-likeness (QED) is 0.395. The van der Waals surface area contributed by atoms with Gasteiger partial charge in [-0.25, -0.2) is 15.0 Å². The average molecular weight is 459 g/mol. The van der Waals surface area contributed by atoms with Gasteiger partial charge in [-0.2, -0.15) is 5.10 Å².